The van der Waals surface area contributed by atoms with Gasteiger partial charge in [-0.15, -0.1) is 0 Å². The molecular weight excluding hydrogens is 352 g/mol. The van der Waals surface area contributed by atoms with Crippen molar-refractivity contribution in [2.24, 2.45) is 0 Å². The number of hydrogen-bond acceptors (Lipinski definition) is 4. The van der Waals surface area contributed by atoms with Gasteiger partial charge in [0.25, 0.3) is 0 Å². The number of ether oxygens (including phenoxy) is 1. The van der Waals surface area contributed by atoms with Crippen LogP contribution in [0, 0.1) is 0 Å². The predicted octanol–water partition coefficient (Wildman–Crippen LogP) is 2.83. The summed E-state index contributed by atoms with van der Waals surface area (Å²) in [5, 5.41) is 3.30. The largest absolute Gasteiger partial charge is 0.486 e. The lowest BCUT2D eigenvalue weighted by molar-refractivity contribution is -0.132. The van der Waals surface area contributed by atoms with Crippen molar-refractivity contribution >= 4 is 16.9 Å². The van der Waals surface area contributed by atoms with E-state index in [9.17, 15) is 4.79 Å². The van der Waals surface area contributed by atoms with Crippen molar-refractivity contribution < 1.29 is 9.53 Å². The van der Waals surface area contributed by atoms with Crippen molar-refractivity contribution in [1.82, 2.24) is 19.8 Å². The number of fused-ring (bicyclic) bond motifs is 1. The van der Waals surface area contributed by atoms with E-state index in [2.05, 4.69) is 5.32 Å². The second-order valence-electron chi connectivity index (χ2n) is 7.15. The third-order valence-electron chi connectivity index (χ3n) is 5.39. The van der Waals surface area contributed by atoms with Crippen molar-refractivity contribution in [2.75, 3.05) is 20.1 Å². The maximum absolute atomic E-state index is 12.9. The fourth-order valence-corrected chi connectivity index (χ4v) is 3.73. The number of amides is 1. The Morgan fingerprint density at radius 3 is 2.57 bits per heavy atom. The van der Waals surface area contributed by atoms with E-state index in [1.165, 1.54) is 0 Å². The molecule has 2 aromatic carbocycles. The van der Waals surface area contributed by atoms with Crippen LogP contribution >= 0.6 is 0 Å². The summed E-state index contributed by atoms with van der Waals surface area (Å²) in [5.74, 6) is 1.70. The number of carbonyl (C=O) groups is 1. The molecule has 4 rings (SSSR count). The Morgan fingerprint density at radius 2 is 1.82 bits per heavy atom. The summed E-state index contributed by atoms with van der Waals surface area (Å²) in [4.78, 5) is 19.6. The third-order valence-corrected chi connectivity index (χ3v) is 5.39. The minimum atomic E-state index is 0.138. The van der Waals surface area contributed by atoms with Crippen molar-refractivity contribution in [3.63, 3.8) is 0 Å². The summed E-state index contributed by atoms with van der Waals surface area (Å²) < 4.78 is 7.89. The summed E-state index contributed by atoms with van der Waals surface area (Å²) in [7, 11) is 1.98. The molecule has 0 bridgehead atoms. The fraction of sp³-hybridized carbons (Fsp3) is 0.364. The van der Waals surface area contributed by atoms with E-state index >= 15 is 0 Å². The molecule has 1 aliphatic rings. The highest BCUT2D eigenvalue weighted by atomic mass is 16.5. The number of hydrogen-bond donors (Lipinski definition) is 1. The number of para-hydroxylation sites is 3. The maximum atomic E-state index is 12.9. The van der Waals surface area contributed by atoms with E-state index in [0.29, 0.717) is 12.6 Å². The molecule has 0 atom stereocenters. The van der Waals surface area contributed by atoms with E-state index in [1.54, 1.807) is 0 Å². The van der Waals surface area contributed by atoms with Gasteiger partial charge in [0.15, 0.2) is 0 Å². The van der Waals surface area contributed by atoms with E-state index < -0.39 is 0 Å². The van der Waals surface area contributed by atoms with Crippen LogP contribution in [0.15, 0.2) is 54.6 Å². The average molecular weight is 378 g/mol. The van der Waals surface area contributed by atoms with Gasteiger partial charge in [0, 0.05) is 19.1 Å². The van der Waals surface area contributed by atoms with Crippen LogP contribution in [0.3, 0.4) is 0 Å². The van der Waals surface area contributed by atoms with Crippen LogP contribution in [-0.4, -0.2) is 46.5 Å². The highest BCUT2D eigenvalue weighted by Crippen LogP contribution is 2.19. The third kappa shape index (κ3) is 4.02. The second kappa shape index (κ2) is 8.44. The first-order valence-electron chi connectivity index (χ1n) is 9.81. The molecule has 1 amide bonds. The van der Waals surface area contributed by atoms with Crippen LogP contribution in [0.2, 0.25) is 0 Å². The second-order valence-corrected chi connectivity index (χ2v) is 7.15. The van der Waals surface area contributed by atoms with Gasteiger partial charge in [-0.05, 0) is 44.2 Å². The van der Waals surface area contributed by atoms with Gasteiger partial charge in [-0.1, -0.05) is 30.3 Å². The summed E-state index contributed by atoms with van der Waals surface area (Å²) in [6.07, 6.45) is 1.99. The lowest BCUT2D eigenvalue weighted by Crippen LogP contribution is -2.45. The Labute approximate surface area is 165 Å². The quantitative estimate of drug-likeness (QED) is 0.717. The molecule has 0 radical (unpaired) electrons. The van der Waals surface area contributed by atoms with Crippen molar-refractivity contribution in [3.05, 3.63) is 60.4 Å². The van der Waals surface area contributed by atoms with Crippen LogP contribution in [0.5, 0.6) is 5.75 Å². The standard InChI is InChI=1S/C22H26N4O2/c1-23-17-11-13-25(14-12-17)22(27)15-26-20-10-6-5-9-19(20)24-21(26)16-28-18-7-3-2-4-8-18/h2-10,17,23H,11-16H2,1H3. The van der Waals surface area contributed by atoms with E-state index in [-0.39, 0.29) is 12.5 Å². The number of nitrogens with one attached hydrogen (secondary N) is 1. The Kier molecular flexibility index (Phi) is 5.58. The van der Waals surface area contributed by atoms with Crippen molar-refractivity contribution in [3.8, 4) is 5.75 Å². The fourth-order valence-electron chi connectivity index (χ4n) is 3.73. The van der Waals surface area contributed by atoms with Crippen LogP contribution in [0.4, 0.5) is 0 Å². The highest BCUT2D eigenvalue weighted by molar-refractivity contribution is 5.81. The molecule has 1 N–H and O–H groups in total. The summed E-state index contributed by atoms with van der Waals surface area (Å²) in [6.45, 7) is 2.21. The molecule has 0 aliphatic carbocycles. The molecule has 0 spiro atoms. The Balaban J connectivity index is 1.52. The molecule has 6 heteroatoms. The van der Waals surface area contributed by atoms with Gasteiger partial charge in [-0.2, -0.15) is 0 Å². The molecule has 3 aromatic rings. The zero-order chi connectivity index (χ0) is 19.3. The Morgan fingerprint density at radius 1 is 1.11 bits per heavy atom. The van der Waals surface area contributed by atoms with E-state index in [1.807, 2.05) is 71.1 Å². The summed E-state index contributed by atoms with van der Waals surface area (Å²) in [6, 6.07) is 18.1. The highest BCUT2D eigenvalue weighted by Gasteiger charge is 2.23. The van der Waals surface area contributed by atoms with Gasteiger partial charge < -0.3 is 19.5 Å². The first-order chi connectivity index (χ1) is 13.7. The minimum Gasteiger partial charge on any atom is -0.486 e. The first kappa shape index (κ1) is 18.5. The molecule has 1 saturated heterocycles. The van der Waals surface area contributed by atoms with Crippen LogP contribution in [-0.2, 0) is 17.9 Å². The molecule has 146 valence electrons. The van der Waals surface area contributed by atoms with Gasteiger partial charge in [-0.25, -0.2) is 4.98 Å². The number of aromatic nitrogens is 2. The smallest absolute Gasteiger partial charge is 0.242 e. The molecular formula is C22H26N4O2. The Hall–Kier alpha value is -2.86. The van der Waals surface area contributed by atoms with Crippen LogP contribution < -0.4 is 10.1 Å². The number of imidazole rings is 1. The number of likely N-dealkylation sites (tertiary alicyclic amines) is 1. The van der Waals surface area contributed by atoms with Crippen LogP contribution in [0.1, 0.15) is 18.7 Å². The average Bonchev–Trinajstić information content (AvgIpc) is 3.10. The van der Waals surface area contributed by atoms with Gasteiger partial charge in [0.1, 0.15) is 24.7 Å². The zero-order valence-corrected chi connectivity index (χ0v) is 16.2. The molecule has 1 aliphatic heterocycles. The monoisotopic (exact) mass is 378 g/mol. The molecule has 2 heterocycles. The van der Waals surface area contributed by atoms with Gasteiger partial charge >= 0.3 is 0 Å². The predicted molar refractivity (Wildman–Crippen MR) is 109 cm³/mol. The SMILES string of the molecule is CNC1CCN(C(=O)Cn2c(COc3ccccc3)nc3ccccc32)CC1. The maximum Gasteiger partial charge on any atom is 0.242 e. The van der Waals surface area contributed by atoms with Crippen molar-refractivity contribution in [2.45, 2.75) is 32.0 Å². The number of nitrogens with zero attached hydrogens (tertiary/aromatic N) is 3. The molecule has 1 fully saturated rings. The van der Waals surface area contributed by atoms with E-state index in [0.717, 1.165) is 48.5 Å². The zero-order valence-electron chi connectivity index (χ0n) is 16.2. The van der Waals surface area contributed by atoms with Gasteiger partial charge in [0.2, 0.25) is 5.91 Å². The first-order valence-corrected chi connectivity index (χ1v) is 9.81. The van der Waals surface area contributed by atoms with Gasteiger partial charge in [0.05, 0.1) is 11.0 Å². The molecule has 1 aromatic heterocycles. The lowest BCUT2D eigenvalue weighted by atomic mass is 10.1. The summed E-state index contributed by atoms with van der Waals surface area (Å²) >= 11 is 0. The van der Waals surface area contributed by atoms with Crippen molar-refractivity contribution in [1.29, 1.82) is 0 Å². The van der Waals surface area contributed by atoms with Crippen LogP contribution in [0.25, 0.3) is 11.0 Å². The van der Waals surface area contributed by atoms with E-state index in [4.69, 9.17) is 9.72 Å². The topological polar surface area (TPSA) is 59.4 Å². The lowest BCUT2D eigenvalue weighted by Gasteiger charge is -2.32. The molecule has 28 heavy (non-hydrogen) atoms. The normalized spacial score (nSPS) is 15.1. The molecule has 6 nitrogen and oxygen atoms in total. The minimum absolute atomic E-state index is 0.138. The summed E-state index contributed by atoms with van der Waals surface area (Å²) in [5.41, 5.74) is 1.85. The number of rotatable bonds is 6. The number of benzene rings is 2. The number of piperidine rings is 1. The van der Waals surface area contributed by atoms with Gasteiger partial charge in [-0.3, -0.25) is 4.79 Å². The molecule has 0 saturated carbocycles. The Bertz CT molecular complexity index is 930. The number of carbonyl (C=O) groups excluding carboxylic acids is 1. The molecule has 0 unspecified atom stereocenters.